The number of fused-ring (bicyclic) bond motifs is 5. The lowest BCUT2D eigenvalue weighted by molar-refractivity contribution is -0.127. The van der Waals surface area contributed by atoms with Crippen molar-refractivity contribution in [1.29, 1.82) is 0 Å². The van der Waals surface area contributed by atoms with Gasteiger partial charge < -0.3 is 0 Å². The summed E-state index contributed by atoms with van der Waals surface area (Å²) >= 11 is 0. The Morgan fingerprint density at radius 1 is 1.08 bits per heavy atom. The fourth-order valence-electron chi connectivity index (χ4n) is 4.19. The first kappa shape index (κ1) is 8.02. The van der Waals surface area contributed by atoms with Crippen LogP contribution < -0.4 is 0 Å². The second kappa shape index (κ2) is 2.59. The van der Waals surface area contributed by atoms with Gasteiger partial charge in [-0.05, 0) is 49.4 Å². The molecule has 0 unspecified atom stereocenters. The van der Waals surface area contributed by atoms with Crippen LogP contribution in [0.5, 0.6) is 0 Å². The molecule has 0 saturated heterocycles. The first-order valence-electron chi connectivity index (χ1n) is 5.78. The van der Waals surface area contributed by atoms with E-state index < -0.39 is 0 Å². The van der Waals surface area contributed by atoms with Crippen LogP contribution in [-0.2, 0) is 4.79 Å². The van der Waals surface area contributed by atoms with Crippen LogP contribution in [0.2, 0.25) is 0 Å². The molecule has 3 rings (SSSR count). The molecule has 0 spiro atoms. The fourth-order valence-corrected chi connectivity index (χ4v) is 4.19. The Labute approximate surface area is 79.9 Å². The number of hydrogen-bond acceptors (Lipinski definition) is 1. The maximum Gasteiger partial charge on any atom is 0.136 e. The van der Waals surface area contributed by atoms with Crippen molar-refractivity contribution < 1.29 is 4.79 Å². The minimum atomic E-state index is 0.376. The number of rotatable bonds is 0. The summed E-state index contributed by atoms with van der Waals surface area (Å²) in [5.74, 6) is 4.61. The Hall–Kier alpha value is -0.330. The van der Waals surface area contributed by atoms with Gasteiger partial charge in [-0.1, -0.05) is 6.92 Å². The van der Waals surface area contributed by atoms with E-state index in [-0.39, 0.29) is 0 Å². The average molecular weight is 178 g/mol. The van der Waals surface area contributed by atoms with Crippen molar-refractivity contribution >= 4 is 5.78 Å². The Morgan fingerprint density at radius 3 is 2.54 bits per heavy atom. The molecule has 3 aliphatic rings. The summed E-state index contributed by atoms with van der Waals surface area (Å²) < 4.78 is 0. The van der Waals surface area contributed by atoms with Gasteiger partial charge in [-0.3, -0.25) is 4.79 Å². The highest BCUT2D eigenvalue weighted by atomic mass is 16.1. The van der Waals surface area contributed by atoms with E-state index in [1.165, 1.54) is 25.7 Å². The van der Waals surface area contributed by atoms with Gasteiger partial charge in [0, 0.05) is 12.3 Å². The summed E-state index contributed by atoms with van der Waals surface area (Å²) in [4.78, 5) is 11.6. The molecule has 13 heavy (non-hydrogen) atoms. The molecule has 0 aliphatic heterocycles. The molecule has 3 fully saturated rings. The van der Waals surface area contributed by atoms with Gasteiger partial charge in [-0.15, -0.1) is 0 Å². The topological polar surface area (TPSA) is 17.1 Å². The third-order valence-electron chi connectivity index (χ3n) is 4.89. The van der Waals surface area contributed by atoms with E-state index in [9.17, 15) is 4.79 Å². The maximum atomic E-state index is 11.6. The predicted molar refractivity (Wildman–Crippen MR) is 51.2 cm³/mol. The Bertz CT molecular complexity index is 246. The lowest BCUT2D eigenvalue weighted by Gasteiger charge is -2.36. The van der Waals surface area contributed by atoms with Crippen molar-refractivity contribution in [3.8, 4) is 0 Å². The molecule has 0 aromatic rings. The summed E-state index contributed by atoms with van der Waals surface area (Å²) in [5.41, 5.74) is 0. The van der Waals surface area contributed by atoms with Crippen LogP contribution in [0.3, 0.4) is 0 Å². The molecule has 0 amide bonds. The van der Waals surface area contributed by atoms with Crippen LogP contribution in [0.1, 0.15) is 39.0 Å². The lowest BCUT2D eigenvalue weighted by Crippen LogP contribution is -2.34. The van der Waals surface area contributed by atoms with E-state index in [4.69, 9.17) is 0 Å². The minimum Gasteiger partial charge on any atom is -0.299 e. The third-order valence-corrected chi connectivity index (χ3v) is 4.89. The van der Waals surface area contributed by atoms with Gasteiger partial charge in [-0.25, -0.2) is 0 Å². The quantitative estimate of drug-likeness (QED) is 0.557. The van der Waals surface area contributed by atoms with Gasteiger partial charge in [0.25, 0.3) is 0 Å². The number of carbonyl (C=O) groups is 1. The van der Waals surface area contributed by atoms with Crippen LogP contribution in [0.15, 0.2) is 0 Å². The molecular weight excluding hydrogens is 160 g/mol. The van der Waals surface area contributed by atoms with Crippen LogP contribution in [-0.4, -0.2) is 5.78 Å². The van der Waals surface area contributed by atoms with E-state index >= 15 is 0 Å². The molecule has 0 aromatic heterocycles. The fraction of sp³-hybridized carbons (Fsp3) is 0.917. The first-order chi connectivity index (χ1) is 6.25. The number of carbonyl (C=O) groups excluding carboxylic acids is 1. The molecule has 0 heterocycles. The van der Waals surface area contributed by atoms with Gasteiger partial charge in [0.05, 0.1) is 0 Å². The molecule has 0 N–H and O–H groups in total. The largest absolute Gasteiger partial charge is 0.299 e. The highest BCUT2D eigenvalue weighted by Crippen LogP contribution is 2.57. The van der Waals surface area contributed by atoms with Crippen LogP contribution >= 0.6 is 0 Å². The Balaban J connectivity index is 1.84. The normalized spacial score (nSPS) is 53.9. The molecule has 0 radical (unpaired) electrons. The minimum absolute atomic E-state index is 0.376. The SMILES string of the molecule is C[C@@H]1C[C@H]2[C@@H]3CC[C@H](C3)[C@@H]2CC1=O. The Kier molecular flexibility index (Phi) is 1.59. The van der Waals surface area contributed by atoms with Gasteiger partial charge in [0.15, 0.2) is 0 Å². The molecule has 1 heteroatoms. The summed E-state index contributed by atoms with van der Waals surface area (Å²) in [6, 6.07) is 0. The first-order valence-corrected chi connectivity index (χ1v) is 5.78. The molecule has 0 aromatic carbocycles. The molecule has 1 nitrogen and oxygen atoms in total. The van der Waals surface area contributed by atoms with Crippen molar-refractivity contribution in [2.75, 3.05) is 0 Å². The number of ketones is 1. The standard InChI is InChI=1S/C12H18O/c1-7-4-10-8-2-3-9(5-8)11(10)6-12(7)13/h7-11H,2-6H2,1H3/t7-,8-,9-,10+,11+/m1/s1. The zero-order valence-corrected chi connectivity index (χ0v) is 8.33. The smallest absolute Gasteiger partial charge is 0.136 e. The van der Waals surface area contributed by atoms with Crippen LogP contribution in [0.4, 0.5) is 0 Å². The monoisotopic (exact) mass is 178 g/mol. The zero-order chi connectivity index (χ0) is 9.00. The average Bonchev–Trinajstić information content (AvgIpc) is 2.67. The van der Waals surface area contributed by atoms with Crippen molar-refractivity contribution in [2.24, 2.45) is 29.6 Å². The van der Waals surface area contributed by atoms with Gasteiger partial charge >= 0.3 is 0 Å². The Morgan fingerprint density at radius 2 is 1.77 bits per heavy atom. The van der Waals surface area contributed by atoms with Crippen molar-refractivity contribution in [3.05, 3.63) is 0 Å². The van der Waals surface area contributed by atoms with E-state index in [1.807, 2.05) is 0 Å². The zero-order valence-electron chi connectivity index (χ0n) is 8.33. The molecular formula is C12H18O. The highest BCUT2D eigenvalue weighted by Gasteiger charge is 2.50. The molecule has 5 atom stereocenters. The summed E-state index contributed by atoms with van der Waals surface area (Å²) in [7, 11) is 0. The number of Topliss-reactive ketones (excluding diaryl/α,β-unsaturated/α-hetero) is 1. The maximum absolute atomic E-state index is 11.6. The lowest BCUT2D eigenvalue weighted by atomic mass is 9.67. The van der Waals surface area contributed by atoms with E-state index in [0.717, 1.165) is 30.1 Å². The van der Waals surface area contributed by atoms with E-state index in [1.54, 1.807) is 0 Å². The van der Waals surface area contributed by atoms with Crippen molar-refractivity contribution in [2.45, 2.75) is 39.0 Å². The molecule has 3 aliphatic carbocycles. The summed E-state index contributed by atoms with van der Waals surface area (Å²) in [6.07, 6.45) is 6.48. The highest BCUT2D eigenvalue weighted by molar-refractivity contribution is 5.81. The van der Waals surface area contributed by atoms with Crippen LogP contribution in [0, 0.1) is 29.6 Å². The molecule has 3 saturated carbocycles. The second-order valence-electron chi connectivity index (χ2n) is 5.47. The van der Waals surface area contributed by atoms with Crippen LogP contribution in [0.25, 0.3) is 0 Å². The predicted octanol–water partition coefficient (Wildman–Crippen LogP) is 2.65. The van der Waals surface area contributed by atoms with E-state index in [2.05, 4.69) is 6.92 Å². The van der Waals surface area contributed by atoms with E-state index in [0.29, 0.717) is 11.7 Å². The second-order valence-corrected chi connectivity index (χ2v) is 5.47. The van der Waals surface area contributed by atoms with Gasteiger partial charge in [-0.2, -0.15) is 0 Å². The number of hydrogen-bond donors (Lipinski definition) is 0. The molecule has 72 valence electrons. The van der Waals surface area contributed by atoms with Crippen molar-refractivity contribution in [3.63, 3.8) is 0 Å². The summed E-state index contributed by atoms with van der Waals surface area (Å²) in [5, 5.41) is 0. The van der Waals surface area contributed by atoms with Gasteiger partial charge in [0.2, 0.25) is 0 Å². The van der Waals surface area contributed by atoms with Gasteiger partial charge in [0.1, 0.15) is 5.78 Å². The summed E-state index contributed by atoms with van der Waals surface area (Å²) in [6.45, 7) is 2.13. The molecule has 2 bridgehead atoms. The third kappa shape index (κ3) is 1.02. The van der Waals surface area contributed by atoms with Crippen molar-refractivity contribution in [1.82, 2.24) is 0 Å².